The van der Waals surface area contributed by atoms with Crippen molar-refractivity contribution in [1.82, 2.24) is 5.32 Å². The monoisotopic (exact) mass is 372 g/mol. The molecule has 2 saturated carbocycles. The summed E-state index contributed by atoms with van der Waals surface area (Å²) in [6, 6.07) is 3.68. The lowest BCUT2D eigenvalue weighted by Gasteiger charge is -2.25. The minimum Gasteiger partial charge on any atom is -0.481 e. The largest absolute Gasteiger partial charge is 0.481 e. The van der Waals surface area contributed by atoms with Crippen molar-refractivity contribution in [3.8, 4) is 0 Å². The van der Waals surface area contributed by atoms with Crippen molar-refractivity contribution in [3.05, 3.63) is 33.8 Å². The molecule has 7 nitrogen and oxygen atoms in total. The second-order valence-electron chi connectivity index (χ2n) is 6.25. The first-order valence-corrected chi connectivity index (χ1v) is 7.93. The van der Waals surface area contributed by atoms with E-state index in [2.05, 4.69) is 5.32 Å². The molecule has 5 N–H and O–H groups in total. The van der Waals surface area contributed by atoms with Crippen LogP contribution in [0.15, 0.2) is 18.2 Å². The topological polar surface area (TPSA) is 130 Å². The third kappa shape index (κ3) is 2.62. The van der Waals surface area contributed by atoms with Crippen LogP contribution in [0.5, 0.6) is 0 Å². The molecular formula is C15H14Cl2N2O5. The molecule has 0 aliphatic heterocycles. The van der Waals surface area contributed by atoms with Gasteiger partial charge in [-0.3, -0.25) is 14.4 Å². The summed E-state index contributed by atoms with van der Waals surface area (Å²) in [5, 5.41) is 21.8. The summed E-state index contributed by atoms with van der Waals surface area (Å²) in [7, 11) is 0. The van der Waals surface area contributed by atoms with Crippen LogP contribution < -0.4 is 11.1 Å². The Morgan fingerprint density at radius 1 is 1.17 bits per heavy atom. The first-order valence-electron chi connectivity index (χ1n) is 7.17. The smallest absolute Gasteiger partial charge is 0.324 e. The van der Waals surface area contributed by atoms with E-state index in [1.165, 1.54) is 18.2 Å². The van der Waals surface area contributed by atoms with Gasteiger partial charge in [0.1, 0.15) is 5.54 Å². The van der Waals surface area contributed by atoms with Crippen molar-refractivity contribution >= 4 is 41.0 Å². The first kappa shape index (κ1) is 17.0. The van der Waals surface area contributed by atoms with Gasteiger partial charge in [0.15, 0.2) is 0 Å². The molecule has 0 bridgehead atoms. The van der Waals surface area contributed by atoms with Gasteiger partial charge in [0.05, 0.1) is 5.92 Å². The molecule has 128 valence electrons. The van der Waals surface area contributed by atoms with Crippen LogP contribution >= 0.6 is 23.2 Å². The average Bonchev–Trinajstić information content (AvgIpc) is 3.15. The molecular weight excluding hydrogens is 359 g/mol. The quantitative estimate of drug-likeness (QED) is 0.628. The second-order valence-corrected chi connectivity index (χ2v) is 7.13. The Bertz CT molecular complexity index is 735. The number of nitrogens with two attached hydrogens (primary N) is 1. The number of aliphatic carboxylic acids is 2. The molecule has 2 aliphatic carbocycles. The van der Waals surface area contributed by atoms with Gasteiger partial charge in [-0.05, 0) is 30.5 Å². The summed E-state index contributed by atoms with van der Waals surface area (Å²) in [4.78, 5) is 35.1. The molecule has 5 atom stereocenters. The molecule has 2 fully saturated rings. The van der Waals surface area contributed by atoms with Crippen LogP contribution in [0, 0.1) is 17.8 Å². The zero-order valence-electron chi connectivity index (χ0n) is 12.2. The molecule has 1 amide bonds. The number of benzene rings is 1. The molecule has 1 aromatic rings. The van der Waals surface area contributed by atoms with Crippen LogP contribution in [-0.2, 0) is 9.59 Å². The fourth-order valence-electron chi connectivity index (χ4n) is 3.77. The molecule has 0 radical (unpaired) electrons. The van der Waals surface area contributed by atoms with Crippen LogP contribution in [-0.4, -0.2) is 39.6 Å². The Morgan fingerprint density at radius 2 is 1.75 bits per heavy atom. The second kappa shape index (κ2) is 5.61. The third-order valence-corrected chi connectivity index (χ3v) is 5.25. The van der Waals surface area contributed by atoms with Crippen LogP contribution in [0.3, 0.4) is 0 Å². The summed E-state index contributed by atoms with van der Waals surface area (Å²) in [6.07, 6.45) is -0.0263. The van der Waals surface area contributed by atoms with Crippen molar-refractivity contribution < 1.29 is 24.6 Å². The molecule has 2 aliphatic rings. The number of carbonyl (C=O) groups excluding carboxylic acids is 1. The minimum atomic E-state index is -1.66. The third-order valence-electron chi connectivity index (χ3n) is 4.82. The predicted molar refractivity (Wildman–Crippen MR) is 85.0 cm³/mol. The number of rotatable bonds is 4. The van der Waals surface area contributed by atoms with Gasteiger partial charge in [0, 0.05) is 27.6 Å². The van der Waals surface area contributed by atoms with Crippen molar-refractivity contribution in [3.63, 3.8) is 0 Å². The van der Waals surface area contributed by atoms with E-state index < -0.39 is 47.2 Å². The average molecular weight is 373 g/mol. The van der Waals surface area contributed by atoms with Gasteiger partial charge >= 0.3 is 11.9 Å². The summed E-state index contributed by atoms with van der Waals surface area (Å²) >= 11 is 11.7. The van der Waals surface area contributed by atoms with E-state index in [1.54, 1.807) is 0 Å². The standard InChI is InChI=1S/C15H14Cl2N2O5/c16-6-1-5(2-7(17)3-6)12(20)19-8-4-15(18,14(23)24)11-9(8)10(11)13(21)22/h1-3,8-11H,4,18H2,(H,19,20)(H,21,22)(H,23,24). The normalized spacial score (nSPS) is 33.6. The van der Waals surface area contributed by atoms with E-state index in [4.69, 9.17) is 28.9 Å². The lowest BCUT2D eigenvalue weighted by Crippen LogP contribution is -2.52. The number of nitrogens with one attached hydrogen (secondary N) is 1. The van der Waals surface area contributed by atoms with Crippen molar-refractivity contribution in [1.29, 1.82) is 0 Å². The summed E-state index contributed by atoms with van der Waals surface area (Å²) in [5.74, 6) is -4.93. The Labute approximate surface area is 146 Å². The maximum atomic E-state index is 12.4. The summed E-state index contributed by atoms with van der Waals surface area (Å²) < 4.78 is 0. The number of carbonyl (C=O) groups is 3. The van der Waals surface area contributed by atoms with Gasteiger partial charge in [-0.15, -0.1) is 0 Å². The summed E-state index contributed by atoms with van der Waals surface area (Å²) in [6.45, 7) is 0. The van der Waals surface area contributed by atoms with Crippen molar-refractivity contribution in [2.24, 2.45) is 23.5 Å². The maximum Gasteiger partial charge on any atom is 0.324 e. The van der Waals surface area contributed by atoms with Crippen LogP contribution in [0.1, 0.15) is 16.8 Å². The highest BCUT2D eigenvalue weighted by Crippen LogP contribution is 2.61. The molecule has 1 aromatic carbocycles. The molecule has 24 heavy (non-hydrogen) atoms. The van der Waals surface area contributed by atoms with Gasteiger partial charge in [-0.1, -0.05) is 23.2 Å². The lowest BCUT2D eigenvalue weighted by molar-refractivity contribution is -0.145. The van der Waals surface area contributed by atoms with Gasteiger partial charge in [0.25, 0.3) is 5.91 Å². The molecule has 5 unspecified atom stereocenters. The fraction of sp³-hybridized carbons (Fsp3) is 0.400. The molecule has 0 aromatic heterocycles. The van der Waals surface area contributed by atoms with Crippen molar-refractivity contribution in [2.45, 2.75) is 18.0 Å². The van der Waals surface area contributed by atoms with E-state index in [-0.39, 0.29) is 22.0 Å². The zero-order chi connectivity index (χ0) is 17.8. The lowest BCUT2D eigenvalue weighted by atomic mass is 9.90. The Hall–Kier alpha value is -1.83. The number of carboxylic acids is 2. The van der Waals surface area contributed by atoms with E-state index in [1.807, 2.05) is 0 Å². The highest BCUT2D eigenvalue weighted by atomic mass is 35.5. The number of hydrogen-bond donors (Lipinski definition) is 4. The fourth-order valence-corrected chi connectivity index (χ4v) is 4.29. The number of amides is 1. The SMILES string of the molecule is NC1(C(=O)O)CC(NC(=O)c2cc(Cl)cc(Cl)c2)C2C(C(=O)O)C21. The zero-order valence-corrected chi connectivity index (χ0v) is 13.7. The van der Waals surface area contributed by atoms with Crippen LogP contribution in [0.25, 0.3) is 0 Å². The van der Waals surface area contributed by atoms with Crippen molar-refractivity contribution in [2.75, 3.05) is 0 Å². The molecule has 0 spiro atoms. The predicted octanol–water partition coefficient (Wildman–Crippen LogP) is 1.22. The van der Waals surface area contributed by atoms with Gasteiger partial charge in [-0.25, -0.2) is 0 Å². The highest BCUT2D eigenvalue weighted by Gasteiger charge is 2.74. The maximum absolute atomic E-state index is 12.4. The number of halogens is 2. The number of carboxylic acid groups (broad SMARTS) is 2. The first-order chi connectivity index (χ1) is 11.1. The number of fused-ring (bicyclic) bond motifs is 1. The van der Waals surface area contributed by atoms with Crippen LogP contribution in [0.4, 0.5) is 0 Å². The van der Waals surface area contributed by atoms with E-state index in [0.717, 1.165) is 0 Å². The Morgan fingerprint density at radius 3 is 2.25 bits per heavy atom. The molecule has 9 heteroatoms. The Balaban J connectivity index is 1.81. The van der Waals surface area contributed by atoms with Gasteiger partial charge in [0.2, 0.25) is 0 Å². The van der Waals surface area contributed by atoms with E-state index in [0.29, 0.717) is 0 Å². The van der Waals surface area contributed by atoms with E-state index in [9.17, 15) is 24.6 Å². The van der Waals surface area contributed by atoms with Gasteiger partial charge < -0.3 is 21.3 Å². The minimum absolute atomic E-state index is 0.0263. The Kier molecular flexibility index (Phi) is 3.98. The molecule has 3 rings (SSSR count). The van der Waals surface area contributed by atoms with E-state index >= 15 is 0 Å². The molecule has 0 heterocycles. The van der Waals surface area contributed by atoms with Gasteiger partial charge in [-0.2, -0.15) is 0 Å². The summed E-state index contributed by atoms with van der Waals surface area (Å²) in [5.41, 5.74) is 4.47. The highest BCUT2D eigenvalue weighted by molar-refractivity contribution is 6.35. The van der Waals surface area contributed by atoms with Crippen LogP contribution in [0.2, 0.25) is 10.0 Å². The molecule has 0 saturated heterocycles. The number of hydrogen-bond acceptors (Lipinski definition) is 4.